The Kier molecular flexibility index (Phi) is 3.35. The first-order valence-corrected chi connectivity index (χ1v) is 7.58. The van der Waals surface area contributed by atoms with Crippen molar-refractivity contribution in [3.8, 4) is 0 Å². The Balaban J connectivity index is 0.000000101. The van der Waals surface area contributed by atoms with Crippen LogP contribution >= 0.6 is 0 Å². The van der Waals surface area contributed by atoms with Crippen molar-refractivity contribution >= 4 is 0 Å². The number of hydrogen-bond acceptors (Lipinski definition) is 0. The SMILES string of the molecule is C1=C2CCC(C1)CC2.C1CC2CCC1CC2. The summed E-state index contributed by atoms with van der Waals surface area (Å²) in [6.07, 6.45) is 19.0. The van der Waals surface area contributed by atoms with Crippen molar-refractivity contribution in [3.63, 3.8) is 0 Å². The fourth-order valence-corrected chi connectivity index (χ4v) is 4.10. The molecule has 0 aromatic heterocycles. The van der Waals surface area contributed by atoms with E-state index in [2.05, 4.69) is 6.08 Å². The molecule has 4 fully saturated rings. The van der Waals surface area contributed by atoms with E-state index in [0.717, 1.165) is 17.8 Å². The lowest BCUT2D eigenvalue weighted by Gasteiger charge is -2.35. The zero-order valence-electron chi connectivity index (χ0n) is 10.6. The molecule has 6 aliphatic carbocycles. The van der Waals surface area contributed by atoms with E-state index in [9.17, 15) is 0 Å². The second-order valence-corrected chi connectivity index (χ2v) is 6.51. The van der Waals surface area contributed by atoms with Crippen molar-refractivity contribution in [2.24, 2.45) is 17.8 Å². The first kappa shape index (κ1) is 10.9. The minimum atomic E-state index is 1.08. The largest absolute Gasteiger partial charge is 0.0851 e. The van der Waals surface area contributed by atoms with E-state index >= 15 is 0 Å². The second-order valence-electron chi connectivity index (χ2n) is 6.51. The third-order valence-electron chi connectivity index (χ3n) is 5.44. The molecular weight excluding hydrogens is 192 g/mol. The molecule has 0 heteroatoms. The van der Waals surface area contributed by atoms with Gasteiger partial charge in [0.05, 0.1) is 0 Å². The van der Waals surface area contributed by atoms with Crippen LogP contribution in [0.4, 0.5) is 0 Å². The van der Waals surface area contributed by atoms with Crippen molar-refractivity contribution in [1.29, 1.82) is 0 Å². The molecule has 0 radical (unpaired) electrons. The van der Waals surface area contributed by atoms with Crippen LogP contribution in [-0.2, 0) is 0 Å². The highest BCUT2D eigenvalue weighted by atomic mass is 14.3. The van der Waals surface area contributed by atoms with Crippen LogP contribution in [0.15, 0.2) is 11.6 Å². The van der Waals surface area contributed by atoms with Gasteiger partial charge in [0.1, 0.15) is 0 Å². The molecule has 0 atom stereocenters. The van der Waals surface area contributed by atoms with Crippen molar-refractivity contribution in [2.45, 2.75) is 70.6 Å². The zero-order chi connectivity index (χ0) is 10.8. The summed E-state index contributed by atoms with van der Waals surface area (Å²) in [4.78, 5) is 0. The van der Waals surface area contributed by atoms with Gasteiger partial charge in [-0.05, 0) is 49.9 Å². The Morgan fingerprint density at radius 3 is 1.25 bits per heavy atom. The predicted octanol–water partition coefficient (Wildman–Crippen LogP) is 5.09. The van der Waals surface area contributed by atoms with E-state index in [0.29, 0.717) is 0 Å². The molecule has 0 heterocycles. The minimum absolute atomic E-state index is 1.08. The molecule has 0 aliphatic heterocycles. The molecule has 6 aliphatic rings. The van der Waals surface area contributed by atoms with Gasteiger partial charge in [-0.15, -0.1) is 0 Å². The van der Waals surface area contributed by atoms with Crippen LogP contribution in [0.25, 0.3) is 0 Å². The summed E-state index contributed by atoms with van der Waals surface area (Å²) in [5.74, 6) is 3.38. The normalized spacial score (nSPS) is 36.6. The molecule has 0 aromatic rings. The first-order chi connectivity index (χ1) is 7.90. The molecular formula is C16H26. The van der Waals surface area contributed by atoms with Crippen LogP contribution in [0.1, 0.15) is 70.6 Å². The summed E-state index contributed by atoms with van der Waals surface area (Å²) in [6, 6.07) is 0. The van der Waals surface area contributed by atoms with Crippen molar-refractivity contribution in [2.75, 3.05) is 0 Å². The number of allylic oxidation sites excluding steroid dienone is 2. The van der Waals surface area contributed by atoms with Crippen LogP contribution < -0.4 is 0 Å². The summed E-state index contributed by atoms with van der Waals surface area (Å²) in [5, 5.41) is 0. The summed E-state index contributed by atoms with van der Waals surface area (Å²) in [5.41, 5.74) is 1.74. The van der Waals surface area contributed by atoms with E-state index < -0.39 is 0 Å². The predicted molar refractivity (Wildman–Crippen MR) is 69.3 cm³/mol. The van der Waals surface area contributed by atoms with Gasteiger partial charge in [0.25, 0.3) is 0 Å². The third kappa shape index (κ3) is 2.52. The maximum atomic E-state index is 2.46. The molecule has 0 spiro atoms. The van der Waals surface area contributed by atoms with Gasteiger partial charge in [-0.1, -0.05) is 50.2 Å². The number of rotatable bonds is 0. The highest BCUT2D eigenvalue weighted by Gasteiger charge is 2.26. The van der Waals surface area contributed by atoms with E-state index in [4.69, 9.17) is 0 Å². The molecule has 4 bridgehead atoms. The van der Waals surface area contributed by atoms with Crippen molar-refractivity contribution in [1.82, 2.24) is 0 Å². The fraction of sp³-hybridized carbons (Fsp3) is 0.875. The van der Waals surface area contributed by atoms with Gasteiger partial charge in [0, 0.05) is 0 Å². The Bertz CT molecular complexity index is 222. The van der Waals surface area contributed by atoms with Crippen LogP contribution in [0, 0.1) is 17.8 Å². The van der Waals surface area contributed by atoms with Gasteiger partial charge in [0.15, 0.2) is 0 Å². The number of fused-ring (bicyclic) bond motifs is 6. The van der Waals surface area contributed by atoms with E-state index in [1.807, 2.05) is 0 Å². The Morgan fingerprint density at radius 1 is 0.625 bits per heavy atom. The maximum Gasteiger partial charge on any atom is -0.0318 e. The van der Waals surface area contributed by atoms with Crippen LogP contribution in [0.5, 0.6) is 0 Å². The molecule has 0 saturated heterocycles. The molecule has 16 heavy (non-hydrogen) atoms. The zero-order valence-corrected chi connectivity index (χ0v) is 10.6. The van der Waals surface area contributed by atoms with Gasteiger partial charge < -0.3 is 0 Å². The quantitative estimate of drug-likeness (QED) is 0.497. The van der Waals surface area contributed by atoms with Gasteiger partial charge in [-0.2, -0.15) is 0 Å². The van der Waals surface area contributed by atoms with Crippen LogP contribution in [0.3, 0.4) is 0 Å². The minimum Gasteiger partial charge on any atom is -0.0851 e. The lowest BCUT2D eigenvalue weighted by molar-refractivity contribution is 0.176. The fourth-order valence-electron chi connectivity index (χ4n) is 4.10. The topological polar surface area (TPSA) is 0 Å². The van der Waals surface area contributed by atoms with E-state index in [1.54, 1.807) is 44.1 Å². The van der Waals surface area contributed by atoms with Crippen molar-refractivity contribution in [3.05, 3.63) is 11.6 Å². The molecule has 6 rings (SSSR count). The first-order valence-electron chi connectivity index (χ1n) is 7.58. The van der Waals surface area contributed by atoms with E-state index in [-0.39, 0.29) is 0 Å². The average Bonchev–Trinajstić information content (AvgIpc) is 2.44. The molecule has 0 N–H and O–H groups in total. The van der Waals surface area contributed by atoms with Gasteiger partial charge in [-0.3, -0.25) is 0 Å². The molecule has 0 nitrogen and oxygen atoms in total. The smallest absolute Gasteiger partial charge is 0.0318 e. The second kappa shape index (κ2) is 4.94. The summed E-state index contributed by atoms with van der Waals surface area (Å²) >= 11 is 0. The molecule has 0 amide bonds. The third-order valence-corrected chi connectivity index (χ3v) is 5.44. The lowest BCUT2D eigenvalue weighted by Crippen LogP contribution is -2.21. The van der Waals surface area contributed by atoms with Crippen LogP contribution in [0.2, 0.25) is 0 Å². The average molecular weight is 218 g/mol. The molecule has 90 valence electrons. The Hall–Kier alpha value is -0.260. The summed E-state index contributed by atoms with van der Waals surface area (Å²) in [6.45, 7) is 0. The van der Waals surface area contributed by atoms with E-state index in [1.165, 1.54) is 32.1 Å². The summed E-state index contributed by atoms with van der Waals surface area (Å²) in [7, 11) is 0. The highest BCUT2D eigenvalue weighted by molar-refractivity contribution is 5.10. The Morgan fingerprint density at radius 2 is 1.12 bits per heavy atom. The molecule has 0 aromatic carbocycles. The lowest BCUT2D eigenvalue weighted by atomic mass is 9.71. The molecule has 0 unspecified atom stereocenters. The number of hydrogen-bond donors (Lipinski definition) is 0. The highest BCUT2D eigenvalue weighted by Crippen LogP contribution is 2.40. The maximum absolute atomic E-state index is 2.46. The van der Waals surface area contributed by atoms with Crippen LogP contribution in [-0.4, -0.2) is 0 Å². The van der Waals surface area contributed by atoms with Gasteiger partial charge in [-0.25, -0.2) is 0 Å². The monoisotopic (exact) mass is 218 g/mol. The van der Waals surface area contributed by atoms with Gasteiger partial charge in [0.2, 0.25) is 0 Å². The Labute approximate surface area is 101 Å². The van der Waals surface area contributed by atoms with Gasteiger partial charge >= 0.3 is 0 Å². The van der Waals surface area contributed by atoms with Crippen molar-refractivity contribution < 1.29 is 0 Å². The summed E-state index contributed by atoms with van der Waals surface area (Å²) < 4.78 is 0. The standard InChI is InChI=1S/C8H14.C8H12/c2*1-2-8-5-3-7(1)4-6-8/h7-8H,1-6H2;1,8H,2-6H2. The molecule has 4 saturated carbocycles.